The number of methoxy groups -OCH3 is 1. The predicted octanol–water partition coefficient (Wildman–Crippen LogP) is 2.91. The standard InChI is InChI=1S/C15H19Cl2NO3/c1-15(8-9-19,10-21-2)18-14(20)7-6-11-12(16)4-3-5-13(11)17/h3-7,19H,8-10H2,1-2H3,(H,18,20)/b7-6+. The molecule has 0 spiro atoms. The Bertz CT molecular complexity index is 491. The van der Waals surface area contributed by atoms with Crippen molar-refractivity contribution in [2.45, 2.75) is 18.9 Å². The van der Waals surface area contributed by atoms with Crippen LogP contribution < -0.4 is 5.32 Å². The number of carbonyl (C=O) groups excluding carboxylic acids is 1. The van der Waals surface area contributed by atoms with Gasteiger partial charge in [-0.2, -0.15) is 0 Å². The van der Waals surface area contributed by atoms with Crippen LogP contribution in [0.25, 0.3) is 6.08 Å². The molecule has 116 valence electrons. The van der Waals surface area contributed by atoms with Gasteiger partial charge in [-0.1, -0.05) is 29.3 Å². The molecule has 0 aliphatic rings. The van der Waals surface area contributed by atoms with Crippen molar-refractivity contribution in [2.24, 2.45) is 0 Å². The number of hydrogen-bond acceptors (Lipinski definition) is 3. The topological polar surface area (TPSA) is 58.6 Å². The lowest BCUT2D eigenvalue weighted by Gasteiger charge is -2.28. The van der Waals surface area contributed by atoms with E-state index in [0.29, 0.717) is 28.6 Å². The van der Waals surface area contributed by atoms with Gasteiger partial charge in [0.25, 0.3) is 0 Å². The van der Waals surface area contributed by atoms with Crippen molar-refractivity contribution in [3.05, 3.63) is 39.9 Å². The molecule has 2 N–H and O–H groups in total. The van der Waals surface area contributed by atoms with Gasteiger partial charge in [-0.3, -0.25) is 4.79 Å². The molecule has 4 nitrogen and oxygen atoms in total. The largest absolute Gasteiger partial charge is 0.396 e. The molecule has 21 heavy (non-hydrogen) atoms. The van der Waals surface area contributed by atoms with Crippen molar-refractivity contribution >= 4 is 35.2 Å². The highest BCUT2D eigenvalue weighted by Gasteiger charge is 2.24. The van der Waals surface area contributed by atoms with E-state index in [0.717, 1.165) is 0 Å². The minimum Gasteiger partial charge on any atom is -0.396 e. The summed E-state index contributed by atoms with van der Waals surface area (Å²) in [6.07, 6.45) is 3.32. The summed E-state index contributed by atoms with van der Waals surface area (Å²) in [5.41, 5.74) is -0.0403. The maximum atomic E-state index is 12.0. The number of aliphatic hydroxyl groups is 1. The molecule has 0 aromatic heterocycles. The number of rotatable bonds is 7. The van der Waals surface area contributed by atoms with Gasteiger partial charge in [0.1, 0.15) is 0 Å². The van der Waals surface area contributed by atoms with Gasteiger partial charge in [-0.25, -0.2) is 0 Å². The number of hydrogen-bond donors (Lipinski definition) is 2. The van der Waals surface area contributed by atoms with Crippen LogP contribution in [0.2, 0.25) is 10.0 Å². The monoisotopic (exact) mass is 331 g/mol. The van der Waals surface area contributed by atoms with Gasteiger partial charge >= 0.3 is 0 Å². The number of aliphatic hydroxyl groups excluding tert-OH is 1. The van der Waals surface area contributed by atoms with Crippen LogP contribution in [0.3, 0.4) is 0 Å². The molecule has 6 heteroatoms. The molecule has 0 fully saturated rings. The van der Waals surface area contributed by atoms with Crippen molar-refractivity contribution in [1.82, 2.24) is 5.32 Å². The molecule has 0 aliphatic carbocycles. The first-order valence-electron chi connectivity index (χ1n) is 6.46. The molecular weight excluding hydrogens is 313 g/mol. The van der Waals surface area contributed by atoms with Crippen LogP contribution in [0.1, 0.15) is 18.9 Å². The number of carbonyl (C=O) groups is 1. The summed E-state index contributed by atoms with van der Waals surface area (Å²) < 4.78 is 5.07. The van der Waals surface area contributed by atoms with Crippen molar-refractivity contribution in [3.8, 4) is 0 Å². The Labute approximate surface area is 134 Å². The predicted molar refractivity (Wildman–Crippen MR) is 85.6 cm³/mol. The molecule has 1 unspecified atom stereocenters. The Morgan fingerprint density at radius 3 is 2.57 bits per heavy atom. The first-order chi connectivity index (χ1) is 9.91. The average molecular weight is 332 g/mol. The molecule has 0 radical (unpaired) electrons. The first-order valence-corrected chi connectivity index (χ1v) is 7.21. The zero-order valence-electron chi connectivity index (χ0n) is 12.0. The summed E-state index contributed by atoms with van der Waals surface area (Å²) in [5, 5.41) is 12.8. The van der Waals surface area contributed by atoms with Gasteiger partial charge in [-0.05, 0) is 31.6 Å². The highest BCUT2D eigenvalue weighted by molar-refractivity contribution is 6.37. The number of ether oxygens (including phenoxy) is 1. The molecular formula is C15H19Cl2NO3. The second-order valence-electron chi connectivity index (χ2n) is 4.93. The van der Waals surface area contributed by atoms with Gasteiger partial charge < -0.3 is 15.2 Å². The van der Waals surface area contributed by atoms with E-state index < -0.39 is 5.54 Å². The van der Waals surface area contributed by atoms with Gasteiger partial charge in [0.2, 0.25) is 5.91 Å². The summed E-state index contributed by atoms with van der Waals surface area (Å²) in [4.78, 5) is 12.0. The van der Waals surface area contributed by atoms with E-state index in [1.165, 1.54) is 6.08 Å². The third-order valence-corrected chi connectivity index (χ3v) is 3.61. The number of amides is 1. The Kier molecular flexibility index (Phi) is 7.18. The van der Waals surface area contributed by atoms with Crippen LogP contribution in [0.15, 0.2) is 24.3 Å². The smallest absolute Gasteiger partial charge is 0.244 e. The maximum absolute atomic E-state index is 12.0. The summed E-state index contributed by atoms with van der Waals surface area (Å²) in [6.45, 7) is 2.07. The number of benzene rings is 1. The van der Waals surface area contributed by atoms with Crippen LogP contribution in [0.5, 0.6) is 0 Å². The van der Waals surface area contributed by atoms with Crippen LogP contribution in [-0.2, 0) is 9.53 Å². The maximum Gasteiger partial charge on any atom is 0.244 e. The zero-order chi connectivity index (χ0) is 15.9. The van der Waals surface area contributed by atoms with E-state index in [9.17, 15) is 4.79 Å². The summed E-state index contributed by atoms with van der Waals surface area (Å²) in [6, 6.07) is 5.14. The summed E-state index contributed by atoms with van der Waals surface area (Å²) in [5.74, 6) is -0.306. The van der Waals surface area contributed by atoms with E-state index in [4.69, 9.17) is 33.0 Å². The van der Waals surface area contributed by atoms with Crippen LogP contribution in [0, 0.1) is 0 Å². The fourth-order valence-electron chi connectivity index (χ4n) is 1.90. The Morgan fingerprint density at radius 2 is 2.05 bits per heavy atom. The minimum absolute atomic E-state index is 0.0415. The number of nitrogens with one attached hydrogen (secondary N) is 1. The Balaban J connectivity index is 2.78. The lowest BCUT2D eigenvalue weighted by molar-refractivity contribution is -0.119. The first kappa shape index (κ1) is 18.0. The van der Waals surface area contributed by atoms with Crippen molar-refractivity contribution < 1.29 is 14.6 Å². The third kappa shape index (κ3) is 5.67. The van der Waals surface area contributed by atoms with Crippen molar-refractivity contribution in [1.29, 1.82) is 0 Å². The van der Waals surface area contributed by atoms with Gasteiger partial charge in [0.05, 0.1) is 12.1 Å². The molecule has 0 saturated carbocycles. The van der Waals surface area contributed by atoms with Crippen molar-refractivity contribution in [3.63, 3.8) is 0 Å². The van der Waals surface area contributed by atoms with E-state index in [2.05, 4.69) is 5.32 Å². The van der Waals surface area contributed by atoms with Crippen LogP contribution in [0.4, 0.5) is 0 Å². The van der Waals surface area contributed by atoms with Crippen LogP contribution >= 0.6 is 23.2 Å². The SMILES string of the molecule is COCC(C)(CCO)NC(=O)/C=C/c1c(Cl)cccc1Cl. The average Bonchev–Trinajstić information content (AvgIpc) is 2.38. The fourth-order valence-corrected chi connectivity index (χ4v) is 2.43. The molecule has 1 rings (SSSR count). The molecule has 0 heterocycles. The fraction of sp³-hybridized carbons (Fsp3) is 0.400. The van der Waals surface area contributed by atoms with Crippen molar-refractivity contribution in [2.75, 3.05) is 20.3 Å². The summed E-state index contributed by atoms with van der Waals surface area (Å²) in [7, 11) is 1.54. The Morgan fingerprint density at radius 1 is 1.43 bits per heavy atom. The Hall–Kier alpha value is -1.07. The lowest BCUT2D eigenvalue weighted by atomic mass is 9.99. The minimum atomic E-state index is -0.630. The molecule has 1 aromatic rings. The summed E-state index contributed by atoms with van der Waals surface area (Å²) >= 11 is 12.1. The highest BCUT2D eigenvalue weighted by atomic mass is 35.5. The molecule has 1 amide bonds. The molecule has 1 aromatic carbocycles. The molecule has 0 bridgehead atoms. The molecule has 0 aliphatic heterocycles. The lowest BCUT2D eigenvalue weighted by Crippen LogP contribution is -2.49. The van der Waals surface area contributed by atoms with E-state index in [-0.39, 0.29) is 12.5 Å². The van der Waals surface area contributed by atoms with E-state index in [1.54, 1.807) is 38.3 Å². The van der Waals surface area contributed by atoms with Gasteiger partial charge in [0.15, 0.2) is 0 Å². The highest BCUT2D eigenvalue weighted by Crippen LogP contribution is 2.25. The number of halogens is 2. The quantitative estimate of drug-likeness (QED) is 0.755. The van der Waals surface area contributed by atoms with Gasteiger partial charge in [-0.15, -0.1) is 0 Å². The second kappa shape index (κ2) is 8.39. The zero-order valence-corrected chi connectivity index (χ0v) is 13.5. The molecule has 0 saturated heterocycles. The van der Waals surface area contributed by atoms with E-state index in [1.807, 2.05) is 0 Å². The second-order valence-corrected chi connectivity index (χ2v) is 5.74. The van der Waals surface area contributed by atoms with Gasteiger partial charge in [0, 0.05) is 35.4 Å². The van der Waals surface area contributed by atoms with E-state index >= 15 is 0 Å². The molecule has 1 atom stereocenters. The van der Waals surface area contributed by atoms with Crippen LogP contribution in [-0.4, -0.2) is 36.9 Å². The normalized spacial score (nSPS) is 14.1. The third-order valence-electron chi connectivity index (χ3n) is 2.95.